The van der Waals surface area contributed by atoms with Crippen LogP contribution in [0.3, 0.4) is 0 Å². The molecule has 4 nitrogen and oxygen atoms in total. The molecule has 5 heteroatoms. The minimum atomic E-state index is 0.724. The van der Waals surface area contributed by atoms with Crippen molar-refractivity contribution in [3.63, 3.8) is 0 Å². The average molecular weight is 315 g/mol. The first-order valence-electron chi connectivity index (χ1n) is 6.78. The van der Waals surface area contributed by atoms with Crippen LogP contribution in [-0.4, -0.2) is 34.3 Å². The summed E-state index contributed by atoms with van der Waals surface area (Å²) in [5.41, 5.74) is 8.18. The Bertz CT molecular complexity index is 394. The highest BCUT2D eigenvalue weighted by atomic mass is 79.9. The lowest BCUT2D eigenvalue weighted by Crippen LogP contribution is -2.36. The van der Waals surface area contributed by atoms with Gasteiger partial charge in [0.05, 0.1) is 15.9 Å². The van der Waals surface area contributed by atoms with Crippen LogP contribution in [0.1, 0.15) is 31.2 Å². The molecule has 1 aliphatic heterocycles. The van der Waals surface area contributed by atoms with Crippen molar-refractivity contribution in [2.24, 2.45) is 18.7 Å². The van der Waals surface area contributed by atoms with Gasteiger partial charge in [-0.1, -0.05) is 6.92 Å². The van der Waals surface area contributed by atoms with E-state index < -0.39 is 0 Å². The number of hydrogen-bond acceptors (Lipinski definition) is 3. The molecule has 0 aliphatic carbocycles. The van der Waals surface area contributed by atoms with Crippen LogP contribution in [-0.2, 0) is 20.0 Å². The van der Waals surface area contributed by atoms with Crippen LogP contribution in [0.2, 0.25) is 0 Å². The Morgan fingerprint density at radius 2 is 2.06 bits per heavy atom. The number of rotatable bonds is 4. The van der Waals surface area contributed by atoms with Crippen molar-refractivity contribution in [1.29, 1.82) is 0 Å². The van der Waals surface area contributed by atoms with Crippen molar-refractivity contribution in [3.8, 4) is 0 Å². The molecule has 0 aromatic carbocycles. The zero-order chi connectivity index (χ0) is 13.1. The zero-order valence-corrected chi connectivity index (χ0v) is 12.9. The third-order valence-electron chi connectivity index (χ3n) is 3.92. The second kappa shape index (κ2) is 6.17. The summed E-state index contributed by atoms with van der Waals surface area (Å²) in [6.45, 7) is 6.27. The highest BCUT2D eigenvalue weighted by Crippen LogP contribution is 2.25. The number of nitrogens with zero attached hydrogens (tertiary/aromatic N) is 3. The van der Waals surface area contributed by atoms with Crippen LogP contribution in [0.15, 0.2) is 4.47 Å². The Hall–Kier alpha value is -0.390. The van der Waals surface area contributed by atoms with E-state index in [1.54, 1.807) is 0 Å². The molecule has 1 fully saturated rings. The SMILES string of the molecule is CCc1nn(C)c(CN2CCC(CN)CC2)c1Br. The smallest absolute Gasteiger partial charge is 0.0767 e. The van der Waals surface area contributed by atoms with Gasteiger partial charge in [-0.3, -0.25) is 9.58 Å². The van der Waals surface area contributed by atoms with Gasteiger partial charge in [-0.2, -0.15) is 5.10 Å². The summed E-state index contributed by atoms with van der Waals surface area (Å²) in [4.78, 5) is 2.51. The number of halogens is 1. The van der Waals surface area contributed by atoms with Gasteiger partial charge < -0.3 is 5.73 Å². The van der Waals surface area contributed by atoms with Gasteiger partial charge in [-0.05, 0) is 60.7 Å². The number of nitrogens with two attached hydrogens (primary N) is 1. The van der Waals surface area contributed by atoms with Gasteiger partial charge in [0.1, 0.15) is 0 Å². The fourth-order valence-corrected chi connectivity index (χ4v) is 3.33. The van der Waals surface area contributed by atoms with Gasteiger partial charge >= 0.3 is 0 Å². The number of piperidine rings is 1. The molecule has 0 bridgehead atoms. The lowest BCUT2D eigenvalue weighted by molar-refractivity contribution is 0.176. The van der Waals surface area contributed by atoms with Gasteiger partial charge in [-0.15, -0.1) is 0 Å². The monoisotopic (exact) mass is 314 g/mol. The maximum absolute atomic E-state index is 5.73. The lowest BCUT2D eigenvalue weighted by Gasteiger charge is -2.31. The van der Waals surface area contributed by atoms with E-state index in [4.69, 9.17) is 5.73 Å². The van der Waals surface area contributed by atoms with Gasteiger partial charge in [0.15, 0.2) is 0 Å². The van der Waals surface area contributed by atoms with Crippen LogP contribution >= 0.6 is 15.9 Å². The molecule has 18 heavy (non-hydrogen) atoms. The first kappa shape index (κ1) is 14.0. The van der Waals surface area contributed by atoms with E-state index in [1.807, 2.05) is 11.7 Å². The molecular weight excluding hydrogens is 292 g/mol. The van der Waals surface area contributed by atoms with E-state index >= 15 is 0 Å². The summed E-state index contributed by atoms with van der Waals surface area (Å²) >= 11 is 3.68. The molecule has 0 unspecified atom stereocenters. The van der Waals surface area contributed by atoms with E-state index in [0.29, 0.717) is 0 Å². The number of aryl methyl sites for hydroxylation is 2. The van der Waals surface area contributed by atoms with Crippen molar-refractivity contribution in [3.05, 3.63) is 15.9 Å². The molecule has 2 rings (SSSR count). The molecule has 1 aromatic heterocycles. The van der Waals surface area contributed by atoms with Crippen molar-refractivity contribution in [2.75, 3.05) is 19.6 Å². The molecule has 1 aromatic rings. The first-order valence-corrected chi connectivity index (χ1v) is 7.57. The largest absolute Gasteiger partial charge is 0.330 e. The van der Waals surface area contributed by atoms with E-state index in [0.717, 1.165) is 44.2 Å². The van der Waals surface area contributed by atoms with Crippen LogP contribution in [0.5, 0.6) is 0 Å². The maximum Gasteiger partial charge on any atom is 0.0767 e. The molecule has 0 radical (unpaired) electrons. The van der Waals surface area contributed by atoms with Crippen molar-refractivity contribution in [1.82, 2.24) is 14.7 Å². The molecule has 0 amide bonds. The predicted molar refractivity (Wildman–Crippen MR) is 77.3 cm³/mol. The number of hydrogen-bond donors (Lipinski definition) is 1. The van der Waals surface area contributed by atoms with E-state index in [9.17, 15) is 0 Å². The average Bonchev–Trinajstić information content (AvgIpc) is 2.67. The summed E-state index contributed by atoms with van der Waals surface area (Å²) < 4.78 is 3.20. The highest BCUT2D eigenvalue weighted by molar-refractivity contribution is 9.10. The molecule has 2 heterocycles. The third-order valence-corrected chi connectivity index (χ3v) is 4.83. The van der Waals surface area contributed by atoms with Crippen molar-refractivity contribution in [2.45, 2.75) is 32.7 Å². The van der Waals surface area contributed by atoms with Gasteiger partial charge in [0, 0.05) is 13.6 Å². The van der Waals surface area contributed by atoms with Gasteiger partial charge in [-0.25, -0.2) is 0 Å². The zero-order valence-electron chi connectivity index (χ0n) is 11.3. The first-order chi connectivity index (χ1) is 8.65. The second-order valence-corrected chi connectivity index (χ2v) is 5.93. The minimum Gasteiger partial charge on any atom is -0.330 e. The van der Waals surface area contributed by atoms with E-state index in [-0.39, 0.29) is 0 Å². The third kappa shape index (κ3) is 2.95. The lowest BCUT2D eigenvalue weighted by atomic mass is 9.97. The molecular formula is C13H23BrN4. The van der Waals surface area contributed by atoms with E-state index in [1.165, 1.54) is 23.0 Å². The molecule has 1 saturated heterocycles. The Balaban J connectivity index is 2.00. The van der Waals surface area contributed by atoms with Crippen LogP contribution in [0.25, 0.3) is 0 Å². The Labute approximate surface area is 118 Å². The molecule has 0 spiro atoms. The summed E-state index contributed by atoms with van der Waals surface area (Å²) in [6, 6.07) is 0. The fourth-order valence-electron chi connectivity index (χ4n) is 2.58. The van der Waals surface area contributed by atoms with E-state index in [2.05, 4.69) is 32.9 Å². The standard InChI is InChI=1S/C13H23BrN4/c1-3-11-13(14)12(17(2)16-11)9-18-6-4-10(8-15)5-7-18/h10H,3-9,15H2,1-2H3. The molecule has 2 N–H and O–H groups in total. The highest BCUT2D eigenvalue weighted by Gasteiger charge is 2.21. The number of aromatic nitrogens is 2. The molecule has 0 atom stereocenters. The predicted octanol–water partition coefficient (Wildman–Crippen LogP) is 1.92. The quantitative estimate of drug-likeness (QED) is 0.923. The molecule has 0 saturated carbocycles. The Kier molecular flexibility index (Phi) is 4.81. The fraction of sp³-hybridized carbons (Fsp3) is 0.769. The van der Waals surface area contributed by atoms with Crippen molar-refractivity contribution >= 4 is 15.9 Å². The Morgan fingerprint density at radius 3 is 2.56 bits per heavy atom. The topological polar surface area (TPSA) is 47.1 Å². The summed E-state index contributed by atoms with van der Waals surface area (Å²) in [6.07, 6.45) is 3.43. The Morgan fingerprint density at radius 1 is 1.39 bits per heavy atom. The van der Waals surface area contributed by atoms with Crippen molar-refractivity contribution < 1.29 is 0 Å². The van der Waals surface area contributed by atoms with Gasteiger partial charge in [0.25, 0.3) is 0 Å². The van der Waals surface area contributed by atoms with Crippen LogP contribution in [0, 0.1) is 5.92 Å². The second-order valence-electron chi connectivity index (χ2n) is 5.14. The number of likely N-dealkylation sites (tertiary alicyclic amines) is 1. The molecule has 102 valence electrons. The maximum atomic E-state index is 5.73. The van der Waals surface area contributed by atoms with Crippen LogP contribution < -0.4 is 5.73 Å². The summed E-state index contributed by atoms with van der Waals surface area (Å²) in [7, 11) is 2.03. The minimum absolute atomic E-state index is 0.724. The van der Waals surface area contributed by atoms with Gasteiger partial charge in [0.2, 0.25) is 0 Å². The normalized spacial score (nSPS) is 18.4. The summed E-state index contributed by atoms with van der Waals surface area (Å²) in [5.74, 6) is 0.724. The summed E-state index contributed by atoms with van der Waals surface area (Å²) in [5, 5.41) is 4.55. The molecule has 1 aliphatic rings. The van der Waals surface area contributed by atoms with Crippen LogP contribution in [0.4, 0.5) is 0 Å².